The Balaban J connectivity index is 1.93. The van der Waals surface area contributed by atoms with E-state index in [-0.39, 0.29) is 0 Å². The summed E-state index contributed by atoms with van der Waals surface area (Å²) in [5.74, 6) is 0. The molecule has 0 unspecified atom stereocenters. The van der Waals surface area contributed by atoms with Crippen LogP contribution >= 0.6 is 11.3 Å². The number of para-hydroxylation sites is 1. The van der Waals surface area contributed by atoms with Gasteiger partial charge in [0.1, 0.15) is 5.01 Å². The number of nitrogens with one attached hydrogen (secondary N) is 1. The molecule has 0 saturated heterocycles. The molecule has 3 nitrogen and oxygen atoms in total. The van der Waals surface area contributed by atoms with E-state index in [2.05, 4.69) is 49.2 Å². The zero-order valence-electron chi connectivity index (χ0n) is 14.7. The van der Waals surface area contributed by atoms with Crippen LogP contribution in [-0.2, 0) is 6.42 Å². The monoisotopic (exact) mass is 349 g/mol. The smallest absolute Gasteiger partial charge is 0.141 e. The fourth-order valence-corrected chi connectivity index (χ4v) is 4.54. The maximum Gasteiger partial charge on any atom is 0.141 e. The van der Waals surface area contributed by atoms with Gasteiger partial charge >= 0.3 is 0 Å². The number of aromatic amines is 1. The molecule has 0 fully saturated rings. The van der Waals surface area contributed by atoms with Gasteiger partial charge in [-0.05, 0) is 68.5 Å². The highest BCUT2D eigenvalue weighted by Crippen LogP contribution is 2.38. The quantitative estimate of drug-likeness (QED) is 0.478. The van der Waals surface area contributed by atoms with Crippen LogP contribution in [0.4, 0.5) is 0 Å². The number of nitrogens with zero attached hydrogens (tertiary/aromatic N) is 1. The number of hydrogen-bond donors (Lipinski definition) is 2. The minimum absolute atomic E-state index is 0.747. The first kappa shape index (κ1) is 16.3. The van der Waals surface area contributed by atoms with Crippen LogP contribution < -0.4 is 5.73 Å². The number of nitrogens with two attached hydrogens (primary N) is 1. The first-order chi connectivity index (χ1) is 12.2. The summed E-state index contributed by atoms with van der Waals surface area (Å²) in [4.78, 5) is 8.58. The molecule has 25 heavy (non-hydrogen) atoms. The summed E-state index contributed by atoms with van der Waals surface area (Å²) in [5, 5.41) is 2.45. The summed E-state index contributed by atoms with van der Waals surface area (Å²) in [5.41, 5.74) is 13.2. The molecule has 4 heteroatoms. The lowest BCUT2D eigenvalue weighted by Gasteiger charge is -2.05. The molecule has 2 heterocycles. The van der Waals surface area contributed by atoms with E-state index in [1.807, 2.05) is 6.07 Å². The van der Waals surface area contributed by atoms with Crippen molar-refractivity contribution in [2.75, 3.05) is 6.54 Å². The third kappa shape index (κ3) is 2.86. The van der Waals surface area contributed by atoms with E-state index in [1.54, 1.807) is 11.3 Å². The van der Waals surface area contributed by atoms with Crippen molar-refractivity contribution in [3.8, 4) is 10.7 Å². The van der Waals surface area contributed by atoms with Crippen LogP contribution in [0.3, 0.4) is 0 Å². The number of hydrogen-bond acceptors (Lipinski definition) is 3. The van der Waals surface area contributed by atoms with Crippen LogP contribution in [0.15, 0.2) is 36.4 Å². The molecule has 0 bridgehead atoms. The average molecular weight is 350 g/mol. The Morgan fingerprint density at radius 3 is 2.64 bits per heavy atom. The second-order valence-corrected chi connectivity index (χ2v) is 7.69. The maximum atomic E-state index is 5.72. The van der Waals surface area contributed by atoms with Crippen molar-refractivity contribution in [1.29, 1.82) is 0 Å². The summed E-state index contributed by atoms with van der Waals surface area (Å²) in [6.45, 7) is 5.12. The highest BCUT2D eigenvalue weighted by Gasteiger charge is 2.18. The molecular formula is C21H23N3S. The molecule has 3 N–H and O–H groups in total. The Morgan fingerprint density at radius 1 is 1.04 bits per heavy atom. The van der Waals surface area contributed by atoms with Crippen molar-refractivity contribution >= 4 is 32.5 Å². The molecule has 0 aliphatic rings. The molecule has 4 aromatic rings. The lowest BCUT2D eigenvalue weighted by atomic mass is 9.99. The number of rotatable bonds is 5. The zero-order chi connectivity index (χ0) is 17.4. The summed E-state index contributed by atoms with van der Waals surface area (Å²) < 4.78 is 1.23. The summed E-state index contributed by atoms with van der Waals surface area (Å²) in [6.07, 6.45) is 3.19. The number of aromatic nitrogens is 2. The first-order valence-corrected chi connectivity index (χ1v) is 9.67. The fourth-order valence-electron chi connectivity index (χ4n) is 3.54. The van der Waals surface area contributed by atoms with Crippen molar-refractivity contribution in [3.05, 3.63) is 53.1 Å². The van der Waals surface area contributed by atoms with Crippen LogP contribution in [0.5, 0.6) is 0 Å². The van der Waals surface area contributed by atoms with Crippen LogP contribution in [0.1, 0.15) is 29.5 Å². The standard InChI is InChI=1S/C21H23N3S/c1-13-10-11-14(2)19-18(13)15(7-5-6-12-22)20(24-19)21-23-16-8-3-4-9-17(16)25-21/h3-4,8-11,24H,5-7,12,22H2,1-2H3. The molecule has 0 saturated carbocycles. The van der Waals surface area contributed by atoms with Gasteiger partial charge in [-0.15, -0.1) is 11.3 Å². The molecule has 2 aromatic carbocycles. The molecule has 0 aliphatic heterocycles. The molecule has 0 radical (unpaired) electrons. The van der Waals surface area contributed by atoms with Gasteiger partial charge in [-0.1, -0.05) is 24.3 Å². The lowest BCUT2D eigenvalue weighted by Crippen LogP contribution is -1.99. The summed E-state index contributed by atoms with van der Waals surface area (Å²) in [6, 6.07) is 12.8. The summed E-state index contributed by atoms with van der Waals surface area (Å²) >= 11 is 1.76. The van der Waals surface area contributed by atoms with E-state index in [1.165, 1.54) is 38.0 Å². The van der Waals surface area contributed by atoms with Crippen LogP contribution in [0, 0.1) is 13.8 Å². The Morgan fingerprint density at radius 2 is 1.84 bits per heavy atom. The fraction of sp³-hybridized carbons (Fsp3) is 0.286. The van der Waals surface area contributed by atoms with Crippen LogP contribution in [0.2, 0.25) is 0 Å². The van der Waals surface area contributed by atoms with Gasteiger partial charge in [0, 0.05) is 10.9 Å². The Bertz CT molecular complexity index is 1010. The maximum absolute atomic E-state index is 5.72. The molecule has 0 atom stereocenters. The van der Waals surface area contributed by atoms with Crippen molar-refractivity contribution in [3.63, 3.8) is 0 Å². The van der Waals surface area contributed by atoms with Gasteiger partial charge in [-0.25, -0.2) is 4.98 Å². The van der Waals surface area contributed by atoms with Crippen molar-refractivity contribution in [2.24, 2.45) is 5.73 Å². The molecule has 0 spiro atoms. The number of fused-ring (bicyclic) bond motifs is 2. The minimum Gasteiger partial charge on any atom is -0.352 e. The number of benzene rings is 2. The highest BCUT2D eigenvalue weighted by molar-refractivity contribution is 7.21. The number of thiazole rings is 1. The largest absolute Gasteiger partial charge is 0.352 e. The number of aryl methyl sites for hydroxylation is 3. The SMILES string of the molecule is Cc1ccc(C)c2c(CCCCN)c(-c3nc4ccccc4s3)[nH]c12. The van der Waals surface area contributed by atoms with Gasteiger partial charge in [0.05, 0.1) is 15.9 Å². The minimum atomic E-state index is 0.747. The topological polar surface area (TPSA) is 54.7 Å². The second-order valence-electron chi connectivity index (χ2n) is 6.66. The molecular weight excluding hydrogens is 326 g/mol. The first-order valence-electron chi connectivity index (χ1n) is 8.86. The normalized spacial score (nSPS) is 11.6. The molecule has 128 valence electrons. The van der Waals surface area contributed by atoms with E-state index in [9.17, 15) is 0 Å². The molecule has 2 aromatic heterocycles. The van der Waals surface area contributed by atoms with E-state index >= 15 is 0 Å². The third-order valence-electron chi connectivity index (χ3n) is 4.86. The van der Waals surface area contributed by atoms with E-state index in [4.69, 9.17) is 10.7 Å². The van der Waals surface area contributed by atoms with Crippen molar-refractivity contribution in [1.82, 2.24) is 9.97 Å². The van der Waals surface area contributed by atoms with Crippen LogP contribution in [0.25, 0.3) is 31.8 Å². The van der Waals surface area contributed by atoms with Gasteiger partial charge in [0.15, 0.2) is 0 Å². The van der Waals surface area contributed by atoms with Gasteiger partial charge in [0.2, 0.25) is 0 Å². The molecule has 0 amide bonds. The Kier molecular flexibility index (Phi) is 4.32. The second kappa shape index (κ2) is 6.62. The van der Waals surface area contributed by atoms with Crippen molar-refractivity contribution in [2.45, 2.75) is 33.1 Å². The zero-order valence-corrected chi connectivity index (χ0v) is 15.5. The van der Waals surface area contributed by atoms with Gasteiger partial charge in [-0.3, -0.25) is 0 Å². The van der Waals surface area contributed by atoms with Crippen LogP contribution in [-0.4, -0.2) is 16.5 Å². The lowest BCUT2D eigenvalue weighted by molar-refractivity contribution is 0.748. The number of H-pyrrole nitrogens is 1. The Labute approximate surface area is 151 Å². The Hall–Kier alpha value is -2.17. The van der Waals surface area contributed by atoms with Gasteiger partial charge in [0.25, 0.3) is 0 Å². The predicted octanol–water partition coefficient (Wildman–Crippen LogP) is 5.34. The van der Waals surface area contributed by atoms with Gasteiger partial charge < -0.3 is 10.7 Å². The van der Waals surface area contributed by atoms with E-state index < -0.39 is 0 Å². The number of unbranched alkanes of at least 4 members (excludes halogenated alkanes) is 1. The molecule has 0 aliphatic carbocycles. The predicted molar refractivity (Wildman–Crippen MR) is 108 cm³/mol. The highest BCUT2D eigenvalue weighted by atomic mass is 32.1. The van der Waals surface area contributed by atoms with Crippen molar-refractivity contribution < 1.29 is 0 Å². The third-order valence-corrected chi connectivity index (χ3v) is 5.92. The van der Waals surface area contributed by atoms with E-state index in [0.29, 0.717) is 0 Å². The average Bonchev–Trinajstić information content (AvgIpc) is 3.20. The molecule has 4 rings (SSSR count). The summed E-state index contributed by atoms with van der Waals surface area (Å²) in [7, 11) is 0. The van der Waals surface area contributed by atoms with E-state index in [0.717, 1.165) is 36.3 Å². The van der Waals surface area contributed by atoms with Gasteiger partial charge in [-0.2, -0.15) is 0 Å².